The minimum atomic E-state index is 0.840. The summed E-state index contributed by atoms with van der Waals surface area (Å²) >= 11 is 0. The Morgan fingerprint density at radius 2 is 1.00 bits per heavy atom. The minimum Gasteiger partial charge on any atom is -0.285 e. The molecule has 0 aliphatic heterocycles. The summed E-state index contributed by atoms with van der Waals surface area (Å²) in [6.07, 6.45) is 5.22. The largest absolute Gasteiger partial charge is 0.290 e. The first-order valence-electron chi connectivity index (χ1n) is 2.10. The summed E-state index contributed by atoms with van der Waals surface area (Å²) in [5.41, 5.74) is 0. The highest BCUT2D eigenvalue weighted by Crippen LogP contribution is 1.59. The molecule has 0 aliphatic rings. The van der Waals surface area contributed by atoms with E-state index in [1.807, 2.05) is 0 Å². The van der Waals surface area contributed by atoms with E-state index in [9.17, 15) is 0 Å². The van der Waals surface area contributed by atoms with Crippen LogP contribution < -0.4 is 9.46 Å². The molecule has 0 bridgehead atoms. The van der Waals surface area contributed by atoms with Crippen molar-refractivity contribution in [2.45, 2.75) is 0 Å². The zero-order chi connectivity index (χ0) is 5.98. The quantitative estimate of drug-likeness (QED) is 0.326. The third kappa shape index (κ3) is 0.841. The maximum Gasteiger partial charge on any atom is 0.290 e. The van der Waals surface area contributed by atoms with Crippen molar-refractivity contribution in [2.24, 2.45) is 0 Å². The van der Waals surface area contributed by atoms with Crippen molar-refractivity contribution in [3.8, 4) is 0 Å². The molecule has 0 radical (unpaired) electrons. The van der Waals surface area contributed by atoms with Crippen LogP contribution in [-0.4, -0.2) is 10.4 Å². The van der Waals surface area contributed by atoms with Crippen LogP contribution in [-0.2, 0) is 0 Å². The van der Waals surface area contributed by atoms with Crippen molar-refractivity contribution in [1.82, 2.24) is 0 Å². The lowest BCUT2D eigenvalue weighted by Crippen LogP contribution is -2.37. The Morgan fingerprint density at radius 3 is 1.25 bits per heavy atom. The average Bonchev–Trinajstić information content (AvgIpc) is 1.77. The Bertz CT molecular complexity index is 151. The second-order valence-corrected chi connectivity index (χ2v) is 1.36. The van der Waals surface area contributed by atoms with Crippen molar-refractivity contribution in [1.29, 1.82) is 0 Å². The molecule has 0 amide bonds. The summed E-state index contributed by atoms with van der Waals surface area (Å²) in [5.74, 6) is 0. The Hall–Kier alpha value is -1.32. The number of rotatable bonds is 0. The summed E-state index contributed by atoms with van der Waals surface area (Å²) in [4.78, 5) is 0. The predicted octanol–water partition coefficient (Wildman–Crippen LogP) is -1.26. The molecular weight excluding hydrogens is 108 g/mol. The van der Waals surface area contributed by atoms with Crippen LogP contribution in [0.15, 0.2) is 24.8 Å². The van der Waals surface area contributed by atoms with Crippen molar-refractivity contribution in [3.63, 3.8) is 0 Å². The van der Waals surface area contributed by atoms with E-state index in [4.69, 9.17) is 10.4 Å². The van der Waals surface area contributed by atoms with Crippen LogP contribution in [0.4, 0.5) is 0 Å². The number of aromatic nitrogens is 2. The maximum atomic E-state index is 8.55. The third-order valence-corrected chi connectivity index (χ3v) is 0.744. The van der Waals surface area contributed by atoms with Crippen molar-refractivity contribution in [3.05, 3.63) is 24.8 Å². The van der Waals surface area contributed by atoms with E-state index >= 15 is 0 Å². The Labute approximate surface area is 45.8 Å². The molecule has 0 saturated heterocycles. The first-order chi connectivity index (χ1) is 3.79. The lowest BCUT2D eigenvalue weighted by atomic mass is 10.8. The van der Waals surface area contributed by atoms with Gasteiger partial charge in [0.2, 0.25) is 0 Å². The van der Waals surface area contributed by atoms with Gasteiger partial charge in [0.1, 0.15) is 0 Å². The second-order valence-electron chi connectivity index (χ2n) is 1.36. The van der Waals surface area contributed by atoms with Gasteiger partial charge in [-0.1, -0.05) is 0 Å². The van der Waals surface area contributed by atoms with E-state index in [1.165, 1.54) is 24.8 Å². The van der Waals surface area contributed by atoms with E-state index in [1.54, 1.807) is 0 Å². The van der Waals surface area contributed by atoms with Gasteiger partial charge in [-0.15, -0.1) is 0 Å². The van der Waals surface area contributed by atoms with Gasteiger partial charge in [-0.05, 0) is 0 Å². The summed E-state index contributed by atoms with van der Waals surface area (Å²) in [6, 6.07) is 0. The molecule has 1 rings (SSSR count). The molecule has 8 heavy (non-hydrogen) atoms. The third-order valence-electron chi connectivity index (χ3n) is 0.744. The fraction of sp³-hybridized carbons (Fsp3) is 0. The fourth-order valence-corrected chi connectivity index (χ4v) is 0.373. The lowest BCUT2D eigenvalue weighted by molar-refractivity contribution is -0.947. The van der Waals surface area contributed by atoms with Crippen molar-refractivity contribution >= 4 is 0 Å². The second kappa shape index (κ2) is 1.65. The van der Waals surface area contributed by atoms with Crippen LogP contribution >= 0.6 is 0 Å². The Balaban J connectivity index is 3.03. The van der Waals surface area contributed by atoms with E-state index < -0.39 is 0 Å². The molecule has 1 aromatic rings. The topological polar surface area (TPSA) is 48.2 Å². The highest BCUT2D eigenvalue weighted by Gasteiger charge is 1.99. The smallest absolute Gasteiger partial charge is 0.285 e. The van der Waals surface area contributed by atoms with Crippen LogP contribution in [0.5, 0.6) is 0 Å². The first-order valence-corrected chi connectivity index (χ1v) is 2.10. The van der Waals surface area contributed by atoms with E-state index in [2.05, 4.69) is 0 Å². The standard InChI is InChI=1S/C4H6N2O2/c7-5-1-2-6(8)4-3-5/h1-4,7-8H/q+2. The van der Waals surface area contributed by atoms with Gasteiger partial charge in [-0.3, -0.25) is 10.4 Å². The molecule has 0 fully saturated rings. The highest BCUT2D eigenvalue weighted by atomic mass is 16.5. The predicted molar refractivity (Wildman–Crippen MR) is 21.2 cm³/mol. The number of hydrogen-bond donors (Lipinski definition) is 2. The zero-order valence-electron chi connectivity index (χ0n) is 4.10. The molecule has 2 N–H and O–H groups in total. The van der Waals surface area contributed by atoms with E-state index in [0.717, 1.165) is 9.46 Å². The minimum absolute atomic E-state index is 0.840. The normalized spacial score (nSPS) is 9.00. The summed E-state index contributed by atoms with van der Waals surface area (Å²) in [5, 5.41) is 17.1. The maximum absolute atomic E-state index is 8.55. The van der Waals surface area contributed by atoms with Crippen LogP contribution in [0, 0.1) is 0 Å². The number of nitrogens with zero attached hydrogens (tertiary/aromatic N) is 2. The molecule has 0 atom stereocenters. The van der Waals surface area contributed by atoms with Gasteiger partial charge >= 0.3 is 0 Å². The van der Waals surface area contributed by atoms with E-state index in [0.29, 0.717) is 0 Å². The lowest BCUT2D eigenvalue weighted by Gasteiger charge is -1.75. The average molecular weight is 114 g/mol. The zero-order valence-corrected chi connectivity index (χ0v) is 4.10. The molecule has 1 heterocycles. The molecule has 0 unspecified atom stereocenters. The highest BCUT2D eigenvalue weighted by molar-refractivity contribution is 4.49. The molecule has 4 heteroatoms. The van der Waals surface area contributed by atoms with Gasteiger partial charge in [0, 0.05) is 9.46 Å². The van der Waals surface area contributed by atoms with Gasteiger partial charge in [0.15, 0.2) is 0 Å². The van der Waals surface area contributed by atoms with E-state index in [-0.39, 0.29) is 0 Å². The number of hydrogen-bond acceptors (Lipinski definition) is 2. The van der Waals surface area contributed by atoms with Gasteiger partial charge in [0.25, 0.3) is 24.8 Å². The fourth-order valence-electron chi connectivity index (χ4n) is 0.373. The summed E-state index contributed by atoms with van der Waals surface area (Å²) < 4.78 is 1.68. The monoisotopic (exact) mass is 114 g/mol. The van der Waals surface area contributed by atoms with Gasteiger partial charge in [-0.2, -0.15) is 0 Å². The van der Waals surface area contributed by atoms with Crippen LogP contribution in [0.25, 0.3) is 0 Å². The van der Waals surface area contributed by atoms with Gasteiger partial charge in [0.05, 0.1) is 0 Å². The molecule has 1 aromatic heterocycles. The van der Waals surface area contributed by atoms with Crippen LogP contribution in [0.2, 0.25) is 0 Å². The Morgan fingerprint density at radius 1 is 0.750 bits per heavy atom. The SMILES string of the molecule is O[n+]1cc[n+](O)cc1. The van der Waals surface area contributed by atoms with Gasteiger partial charge in [-0.25, -0.2) is 0 Å². The molecule has 42 valence electrons. The summed E-state index contributed by atoms with van der Waals surface area (Å²) in [6.45, 7) is 0. The molecule has 0 aromatic carbocycles. The summed E-state index contributed by atoms with van der Waals surface area (Å²) in [7, 11) is 0. The molecule has 4 nitrogen and oxygen atoms in total. The van der Waals surface area contributed by atoms with Gasteiger partial charge < -0.3 is 0 Å². The van der Waals surface area contributed by atoms with Crippen molar-refractivity contribution < 1.29 is 19.9 Å². The first kappa shape index (κ1) is 4.83. The molecule has 0 saturated carbocycles. The van der Waals surface area contributed by atoms with Crippen LogP contribution in [0.1, 0.15) is 0 Å². The Kier molecular flexibility index (Phi) is 0.997. The molecule has 0 aliphatic carbocycles. The molecule has 0 spiro atoms. The van der Waals surface area contributed by atoms with Crippen molar-refractivity contribution in [2.75, 3.05) is 0 Å². The van der Waals surface area contributed by atoms with Crippen LogP contribution in [0.3, 0.4) is 0 Å². The molecular formula is C4H6N2O2+2.